The van der Waals surface area contributed by atoms with Crippen molar-refractivity contribution in [2.24, 2.45) is 0 Å². The van der Waals surface area contributed by atoms with Crippen LogP contribution in [-0.2, 0) is 42.2 Å². The number of aliphatic hydroxyl groups is 1. The van der Waals surface area contributed by atoms with Crippen molar-refractivity contribution in [2.75, 3.05) is 26.4 Å². The van der Waals surface area contributed by atoms with Crippen LogP contribution in [0.3, 0.4) is 0 Å². The molecule has 0 saturated carbocycles. The predicted octanol–water partition coefficient (Wildman–Crippen LogP) is 18.8. The van der Waals surface area contributed by atoms with Crippen molar-refractivity contribution in [3.8, 4) is 0 Å². The van der Waals surface area contributed by atoms with Gasteiger partial charge in [0.05, 0.1) is 19.8 Å². The Kier molecular flexibility index (Phi) is 56.8. The van der Waals surface area contributed by atoms with E-state index in [-0.39, 0.29) is 25.9 Å². The van der Waals surface area contributed by atoms with E-state index in [0.717, 1.165) is 148 Å². The summed E-state index contributed by atoms with van der Waals surface area (Å²) < 4.78 is 39.6. The van der Waals surface area contributed by atoms with Gasteiger partial charge in [-0.05, 0) is 122 Å². The number of unbranched alkanes of at least 4 members (excludes halogenated alkanes) is 24. The fourth-order valence-electron chi connectivity index (χ4n) is 8.23. The first-order valence-electron chi connectivity index (χ1n) is 31.1. The Hall–Kier alpha value is -3.60. The predicted molar refractivity (Wildman–Crippen MR) is 325 cm³/mol. The number of esters is 3. The molecule has 0 aromatic carbocycles. The molecule has 0 spiro atoms. The third-order valence-corrected chi connectivity index (χ3v) is 13.9. The standard InChI is InChI=1S/C66H113O11P/c1-4-7-10-13-16-19-22-25-28-30-31-33-36-39-42-45-48-51-54-57-66(70)77-63(59-73-64(68)55-52-49-46-43-40-37-35-32-29-26-23-20-17-14-11-8-5-2)61-75-78(71,72)74-60-62(58-67)76-65(69)56-53-50-47-44-41-38-34-27-24-21-18-15-12-9-6-3/h7,10,16-21,25-29,31,33-34,62-63,67H,4-6,8-9,11-15,22-24,30,32,35-61H2,1-3H3,(H,71,72)/b10-7-,19-16-,20-17-,21-18-,28-25-,29-26-,33-31-,34-27-. The van der Waals surface area contributed by atoms with E-state index in [1.54, 1.807) is 0 Å². The summed E-state index contributed by atoms with van der Waals surface area (Å²) in [5.74, 6) is -1.50. The molecule has 0 aromatic heterocycles. The normalized spacial score (nSPS) is 14.0. The molecule has 0 saturated heterocycles. The van der Waals surface area contributed by atoms with E-state index in [2.05, 4.69) is 118 Å². The topological polar surface area (TPSA) is 155 Å². The lowest BCUT2D eigenvalue weighted by molar-refractivity contribution is -0.161. The van der Waals surface area contributed by atoms with Gasteiger partial charge in [0.2, 0.25) is 0 Å². The van der Waals surface area contributed by atoms with Crippen LogP contribution in [0.1, 0.15) is 265 Å². The summed E-state index contributed by atoms with van der Waals surface area (Å²) in [6.07, 6.45) is 70.6. The summed E-state index contributed by atoms with van der Waals surface area (Å²) in [7, 11) is -4.77. The Morgan fingerprint density at radius 2 is 0.667 bits per heavy atom. The van der Waals surface area contributed by atoms with E-state index in [1.807, 2.05) is 0 Å². The highest BCUT2D eigenvalue weighted by Gasteiger charge is 2.28. The number of ether oxygens (including phenoxy) is 3. The molecule has 0 aliphatic heterocycles. The van der Waals surface area contributed by atoms with Crippen molar-refractivity contribution in [3.05, 3.63) is 97.2 Å². The largest absolute Gasteiger partial charge is 0.472 e. The minimum atomic E-state index is -4.77. The van der Waals surface area contributed by atoms with Gasteiger partial charge in [0.15, 0.2) is 6.10 Å². The Labute approximate surface area is 476 Å². The Bertz CT molecular complexity index is 1680. The Balaban J connectivity index is 4.77. The molecular weight excluding hydrogens is 1000 g/mol. The highest BCUT2D eigenvalue weighted by molar-refractivity contribution is 7.47. The number of allylic oxidation sites excluding steroid dienone is 16. The maximum absolute atomic E-state index is 12.9. The minimum Gasteiger partial charge on any atom is -0.462 e. The van der Waals surface area contributed by atoms with Gasteiger partial charge in [-0.1, -0.05) is 221 Å². The van der Waals surface area contributed by atoms with E-state index in [1.165, 1.54) is 57.8 Å². The second-order valence-electron chi connectivity index (χ2n) is 20.5. The number of carbonyl (C=O) groups excluding carboxylic acids is 3. The van der Waals surface area contributed by atoms with Crippen LogP contribution in [0.2, 0.25) is 0 Å². The minimum absolute atomic E-state index is 0.145. The van der Waals surface area contributed by atoms with Crippen molar-refractivity contribution >= 4 is 25.7 Å². The lowest BCUT2D eigenvalue weighted by Crippen LogP contribution is -2.30. The van der Waals surface area contributed by atoms with E-state index < -0.39 is 57.8 Å². The summed E-state index contributed by atoms with van der Waals surface area (Å²) in [5.41, 5.74) is 0. The highest BCUT2D eigenvalue weighted by atomic mass is 31.2. The fraction of sp³-hybridized carbons (Fsp3) is 0.712. The second kappa shape index (κ2) is 59.5. The Morgan fingerprint density at radius 1 is 0.372 bits per heavy atom. The van der Waals surface area contributed by atoms with Gasteiger partial charge in [0.1, 0.15) is 12.7 Å². The number of hydrogen-bond donors (Lipinski definition) is 2. The molecule has 2 N–H and O–H groups in total. The van der Waals surface area contributed by atoms with Gasteiger partial charge in [-0.25, -0.2) is 4.57 Å². The van der Waals surface area contributed by atoms with Crippen LogP contribution in [-0.4, -0.2) is 66.5 Å². The number of phosphoric ester groups is 1. The first-order chi connectivity index (χ1) is 38.2. The summed E-state index contributed by atoms with van der Waals surface area (Å²) in [5, 5.41) is 9.84. The summed E-state index contributed by atoms with van der Waals surface area (Å²) >= 11 is 0. The van der Waals surface area contributed by atoms with Gasteiger partial charge in [-0.3, -0.25) is 23.4 Å². The number of rotatable bonds is 57. The van der Waals surface area contributed by atoms with Gasteiger partial charge in [-0.15, -0.1) is 0 Å². The average molecular weight is 1110 g/mol. The number of aliphatic hydroxyl groups excluding tert-OH is 1. The molecule has 11 nitrogen and oxygen atoms in total. The number of hydrogen-bond acceptors (Lipinski definition) is 10. The molecule has 0 fully saturated rings. The second-order valence-corrected chi connectivity index (χ2v) is 21.9. The molecule has 0 heterocycles. The molecule has 0 aromatic rings. The molecule has 12 heteroatoms. The molecule has 0 aliphatic rings. The third-order valence-electron chi connectivity index (χ3n) is 13.0. The molecule has 3 unspecified atom stereocenters. The molecule has 0 aliphatic carbocycles. The smallest absolute Gasteiger partial charge is 0.462 e. The molecule has 78 heavy (non-hydrogen) atoms. The van der Waals surface area contributed by atoms with Crippen molar-refractivity contribution in [2.45, 2.75) is 277 Å². The fourth-order valence-corrected chi connectivity index (χ4v) is 9.01. The van der Waals surface area contributed by atoms with Crippen molar-refractivity contribution in [3.63, 3.8) is 0 Å². The molecule has 0 radical (unpaired) electrons. The molecule has 0 bridgehead atoms. The van der Waals surface area contributed by atoms with Crippen molar-refractivity contribution in [1.29, 1.82) is 0 Å². The zero-order valence-corrected chi connectivity index (χ0v) is 50.5. The summed E-state index contributed by atoms with van der Waals surface area (Å²) in [6, 6.07) is 0. The van der Waals surface area contributed by atoms with Gasteiger partial charge in [0.25, 0.3) is 0 Å². The van der Waals surface area contributed by atoms with Crippen LogP contribution in [0, 0.1) is 0 Å². The van der Waals surface area contributed by atoms with Gasteiger partial charge in [0, 0.05) is 19.3 Å². The zero-order valence-electron chi connectivity index (χ0n) is 49.6. The Morgan fingerprint density at radius 3 is 1.03 bits per heavy atom. The monoisotopic (exact) mass is 1110 g/mol. The van der Waals surface area contributed by atoms with Gasteiger partial charge in [-0.2, -0.15) is 0 Å². The first-order valence-corrected chi connectivity index (χ1v) is 32.6. The average Bonchev–Trinajstić information content (AvgIpc) is 3.43. The van der Waals surface area contributed by atoms with Crippen LogP contribution < -0.4 is 0 Å². The lowest BCUT2D eigenvalue weighted by atomic mass is 10.1. The van der Waals surface area contributed by atoms with Crippen LogP contribution in [0.4, 0.5) is 0 Å². The van der Waals surface area contributed by atoms with Crippen LogP contribution in [0.25, 0.3) is 0 Å². The van der Waals surface area contributed by atoms with Gasteiger partial charge < -0.3 is 24.2 Å². The van der Waals surface area contributed by atoms with Crippen LogP contribution in [0.5, 0.6) is 0 Å². The molecule has 3 atom stereocenters. The van der Waals surface area contributed by atoms with E-state index >= 15 is 0 Å². The molecule has 0 rings (SSSR count). The zero-order chi connectivity index (χ0) is 56.9. The number of carbonyl (C=O) groups is 3. The maximum Gasteiger partial charge on any atom is 0.472 e. The third kappa shape index (κ3) is 57.1. The van der Waals surface area contributed by atoms with Crippen LogP contribution >= 0.6 is 7.82 Å². The van der Waals surface area contributed by atoms with E-state index in [9.17, 15) is 28.9 Å². The quantitative estimate of drug-likeness (QED) is 0.0197. The van der Waals surface area contributed by atoms with E-state index in [4.69, 9.17) is 23.3 Å². The van der Waals surface area contributed by atoms with Crippen molar-refractivity contribution in [1.82, 2.24) is 0 Å². The lowest BCUT2D eigenvalue weighted by Gasteiger charge is -2.21. The molecular formula is C66H113O11P. The highest BCUT2D eigenvalue weighted by Crippen LogP contribution is 2.43. The molecule has 448 valence electrons. The van der Waals surface area contributed by atoms with Gasteiger partial charge >= 0.3 is 25.7 Å². The molecule has 0 amide bonds. The maximum atomic E-state index is 12.9. The first kappa shape index (κ1) is 74.4. The van der Waals surface area contributed by atoms with Crippen LogP contribution in [0.15, 0.2) is 97.2 Å². The summed E-state index contributed by atoms with van der Waals surface area (Å²) in [4.78, 5) is 48.7. The summed E-state index contributed by atoms with van der Waals surface area (Å²) in [6.45, 7) is 4.46. The van der Waals surface area contributed by atoms with E-state index in [0.29, 0.717) is 19.3 Å². The van der Waals surface area contributed by atoms with Crippen molar-refractivity contribution < 1.29 is 52.2 Å². The SMILES string of the molecule is CC/C=C\C/C=C\C/C=C\C/C=C\CCCCCCCCC(=O)OC(COC(=O)CCCCCCCCC/C=C\C/C=C\CCCCC)COP(=O)(O)OCC(CO)OC(=O)CCCCCCC/C=C\C/C=C\CCCCC. The number of phosphoric acid groups is 1.